The molecule has 0 radical (unpaired) electrons. The van der Waals surface area contributed by atoms with Crippen molar-refractivity contribution in [2.24, 2.45) is 11.8 Å². The molecule has 2 aliphatic rings. The Morgan fingerprint density at radius 2 is 1.90 bits per heavy atom. The van der Waals surface area contributed by atoms with Gasteiger partial charge in [-0.05, 0) is 66.5 Å². The van der Waals surface area contributed by atoms with Crippen LogP contribution in [0.5, 0.6) is 11.5 Å². The second-order valence-electron chi connectivity index (χ2n) is 5.94. The Labute approximate surface area is 125 Å². The highest BCUT2D eigenvalue weighted by Crippen LogP contribution is 2.45. The Hall–Kier alpha value is -1.77. The molecular weight excluding hydrogens is 264 g/mol. The standard InChI is InChI=1S/C18H22O3/c1-4-11-7-12-5-6-13-8-17(20-2)18(21-3)10-15(13)14(12)9-16(11)19/h8-12H,4-7H2,1-3H3/t11-,12+/m0/s1. The molecule has 0 bridgehead atoms. The van der Waals surface area contributed by atoms with Gasteiger partial charge in [-0.2, -0.15) is 0 Å². The fourth-order valence-electron chi connectivity index (χ4n) is 3.64. The average Bonchev–Trinajstić information content (AvgIpc) is 2.52. The second kappa shape index (κ2) is 5.55. The predicted octanol–water partition coefficient (Wildman–Crippen LogP) is 3.65. The number of carbonyl (C=O) groups is 1. The summed E-state index contributed by atoms with van der Waals surface area (Å²) in [4.78, 5) is 12.2. The maximum Gasteiger partial charge on any atom is 0.161 e. The lowest BCUT2D eigenvalue weighted by atomic mass is 9.70. The monoisotopic (exact) mass is 286 g/mol. The van der Waals surface area contributed by atoms with E-state index >= 15 is 0 Å². The zero-order valence-electron chi connectivity index (χ0n) is 12.9. The number of fused-ring (bicyclic) bond motifs is 3. The number of hydrogen-bond donors (Lipinski definition) is 0. The van der Waals surface area contributed by atoms with Gasteiger partial charge in [0.1, 0.15) is 0 Å². The van der Waals surface area contributed by atoms with Crippen LogP contribution in [-0.4, -0.2) is 20.0 Å². The van der Waals surface area contributed by atoms with Crippen molar-refractivity contribution < 1.29 is 14.3 Å². The van der Waals surface area contributed by atoms with E-state index in [1.165, 1.54) is 16.7 Å². The Kier molecular flexibility index (Phi) is 3.75. The molecule has 2 atom stereocenters. The highest BCUT2D eigenvalue weighted by atomic mass is 16.5. The van der Waals surface area contributed by atoms with Crippen molar-refractivity contribution in [3.63, 3.8) is 0 Å². The van der Waals surface area contributed by atoms with Gasteiger partial charge in [-0.25, -0.2) is 0 Å². The molecule has 0 saturated heterocycles. The molecule has 0 amide bonds. The Bertz CT molecular complexity index is 601. The average molecular weight is 286 g/mol. The number of methoxy groups -OCH3 is 2. The van der Waals surface area contributed by atoms with E-state index in [0.717, 1.165) is 37.2 Å². The first-order valence-electron chi connectivity index (χ1n) is 7.68. The summed E-state index contributed by atoms with van der Waals surface area (Å²) in [6.45, 7) is 2.10. The van der Waals surface area contributed by atoms with E-state index in [1.807, 2.05) is 12.1 Å². The summed E-state index contributed by atoms with van der Waals surface area (Å²) >= 11 is 0. The van der Waals surface area contributed by atoms with E-state index in [-0.39, 0.29) is 11.7 Å². The summed E-state index contributed by atoms with van der Waals surface area (Å²) in [5.41, 5.74) is 3.64. The van der Waals surface area contributed by atoms with Crippen LogP contribution in [0.2, 0.25) is 0 Å². The first-order chi connectivity index (χ1) is 10.2. The molecule has 112 valence electrons. The molecule has 21 heavy (non-hydrogen) atoms. The Balaban J connectivity index is 2.08. The molecule has 1 aromatic carbocycles. The zero-order valence-corrected chi connectivity index (χ0v) is 12.9. The molecule has 0 fully saturated rings. The van der Waals surface area contributed by atoms with Crippen LogP contribution in [-0.2, 0) is 11.2 Å². The Morgan fingerprint density at radius 3 is 2.57 bits per heavy atom. The minimum atomic E-state index is 0.209. The van der Waals surface area contributed by atoms with Gasteiger partial charge in [-0.3, -0.25) is 4.79 Å². The van der Waals surface area contributed by atoms with Crippen molar-refractivity contribution >= 4 is 11.4 Å². The highest BCUT2D eigenvalue weighted by molar-refractivity contribution is 6.01. The molecule has 3 rings (SSSR count). The van der Waals surface area contributed by atoms with Crippen molar-refractivity contribution in [2.45, 2.75) is 32.6 Å². The van der Waals surface area contributed by atoms with E-state index in [9.17, 15) is 4.79 Å². The van der Waals surface area contributed by atoms with Gasteiger partial charge in [0.2, 0.25) is 0 Å². The molecule has 0 aliphatic heterocycles. The van der Waals surface area contributed by atoms with Crippen LogP contribution in [0.1, 0.15) is 37.3 Å². The SMILES string of the molecule is CC[C@H]1C[C@H]2CCc3cc(OC)c(OC)cc3C2=CC1=O. The third-order valence-electron chi connectivity index (χ3n) is 4.88. The summed E-state index contributed by atoms with van der Waals surface area (Å²) in [6, 6.07) is 4.09. The van der Waals surface area contributed by atoms with Crippen LogP contribution in [0.25, 0.3) is 5.57 Å². The van der Waals surface area contributed by atoms with Crippen LogP contribution in [0.3, 0.4) is 0 Å². The molecule has 3 heteroatoms. The molecule has 0 N–H and O–H groups in total. The van der Waals surface area contributed by atoms with Crippen molar-refractivity contribution in [3.05, 3.63) is 29.3 Å². The summed E-state index contributed by atoms with van der Waals surface area (Å²) in [6.07, 6.45) is 5.99. The van der Waals surface area contributed by atoms with E-state index in [0.29, 0.717) is 5.92 Å². The summed E-state index contributed by atoms with van der Waals surface area (Å²) < 4.78 is 10.8. The van der Waals surface area contributed by atoms with Gasteiger partial charge in [-0.1, -0.05) is 6.92 Å². The van der Waals surface area contributed by atoms with Gasteiger partial charge in [0.15, 0.2) is 17.3 Å². The third kappa shape index (κ3) is 2.35. The number of allylic oxidation sites excluding steroid dienone is 2. The maximum atomic E-state index is 12.2. The summed E-state index contributed by atoms with van der Waals surface area (Å²) in [5.74, 6) is 2.51. The van der Waals surface area contributed by atoms with Gasteiger partial charge in [-0.15, -0.1) is 0 Å². The Morgan fingerprint density at radius 1 is 1.19 bits per heavy atom. The molecule has 2 aliphatic carbocycles. The van der Waals surface area contributed by atoms with Gasteiger partial charge in [0.05, 0.1) is 14.2 Å². The van der Waals surface area contributed by atoms with Crippen LogP contribution in [0.15, 0.2) is 18.2 Å². The molecular formula is C18H22O3. The lowest BCUT2D eigenvalue weighted by Gasteiger charge is -2.34. The quantitative estimate of drug-likeness (QED) is 0.851. The van der Waals surface area contributed by atoms with Crippen LogP contribution >= 0.6 is 0 Å². The molecule has 0 aromatic heterocycles. The number of aryl methyl sites for hydroxylation is 1. The second-order valence-corrected chi connectivity index (χ2v) is 5.94. The van der Waals surface area contributed by atoms with Gasteiger partial charge in [0.25, 0.3) is 0 Å². The van der Waals surface area contributed by atoms with Crippen molar-refractivity contribution in [3.8, 4) is 11.5 Å². The molecule has 0 spiro atoms. The normalized spacial score (nSPS) is 24.0. The zero-order chi connectivity index (χ0) is 15.0. The van der Waals surface area contributed by atoms with Gasteiger partial charge in [0, 0.05) is 5.92 Å². The number of ether oxygens (including phenoxy) is 2. The number of rotatable bonds is 3. The molecule has 0 unspecified atom stereocenters. The van der Waals surface area contributed by atoms with E-state index in [1.54, 1.807) is 14.2 Å². The lowest BCUT2D eigenvalue weighted by Crippen LogP contribution is -2.26. The predicted molar refractivity (Wildman–Crippen MR) is 82.7 cm³/mol. The fourth-order valence-corrected chi connectivity index (χ4v) is 3.64. The summed E-state index contributed by atoms with van der Waals surface area (Å²) in [5, 5.41) is 0. The fraction of sp³-hybridized carbons (Fsp3) is 0.500. The molecule has 0 saturated carbocycles. The van der Waals surface area contributed by atoms with Crippen molar-refractivity contribution in [1.82, 2.24) is 0 Å². The smallest absolute Gasteiger partial charge is 0.161 e. The van der Waals surface area contributed by atoms with E-state index in [4.69, 9.17) is 9.47 Å². The van der Waals surface area contributed by atoms with Gasteiger partial charge >= 0.3 is 0 Å². The van der Waals surface area contributed by atoms with Crippen molar-refractivity contribution in [2.75, 3.05) is 14.2 Å². The third-order valence-corrected chi connectivity index (χ3v) is 4.88. The first kappa shape index (κ1) is 14.2. The molecule has 1 aromatic rings. The van der Waals surface area contributed by atoms with Crippen LogP contribution < -0.4 is 9.47 Å². The topological polar surface area (TPSA) is 35.5 Å². The van der Waals surface area contributed by atoms with Crippen LogP contribution in [0.4, 0.5) is 0 Å². The molecule has 0 heterocycles. The van der Waals surface area contributed by atoms with Crippen LogP contribution in [0, 0.1) is 11.8 Å². The van der Waals surface area contributed by atoms with Crippen molar-refractivity contribution in [1.29, 1.82) is 0 Å². The van der Waals surface area contributed by atoms with E-state index in [2.05, 4.69) is 13.0 Å². The number of carbonyl (C=O) groups excluding carboxylic acids is 1. The minimum absolute atomic E-state index is 0.209. The summed E-state index contributed by atoms with van der Waals surface area (Å²) in [7, 11) is 3.31. The maximum absolute atomic E-state index is 12.2. The number of benzene rings is 1. The highest BCUT2D eigenvalue weighted by Gasteiger charge is 2.33. The number of hydrogen-bond acceptors (Lipinski definition) is 3. The number of ketones is 1. The lowest BCUT2D eigenvalue weighted by molar-refractivity contribution is -0.119. The van der Waals surface area contributed by atoms with E-state index < -0.39 is 0 Å². The minimum Gasteiger partial charge on any atom is -0.493 e. The van der Waals surface area contributed by atoms with Gasteiger partial charge < -0.3 is 9.47 Å². The molecule has 3 nitrogen and oxygen atoms in total. The largest absolute Gasteiger partial charge is 0.493 e. The first-order valence-corrected chi connectivity index (χ1v) is 7.68.